The van der Waals surface area contributed by atoms with Gasteiger partial charge in [-0.2, -0.15) is 5.10 Å². The Kier molecular flexibility index (Phi) is 4.02. The molecule has 18 heavy (non-hydrogen) atoms. The average molecular weight is 252 g/mol. The van der Waals surface area contributed by atoms with Crippen LogP contribution in [0.3, 0.4) is 0 Å². The maximum absolute atomic E-state index is 6.38. The minimum absolute atomic E-state index is 0.0782. The highest BCUT2D eigenvalue weighted by atomic mass is 16.5. The first-order valence-electron chi connectivity index (χ1n) is 6.82. The highest BCUT2D eigenvalue weighted by molar-refractivity contribution is 4.96. The van der Waals surface area contributed by atoms with Gasteiger partial charge in [-0.25, -0.2) is 4.98 Å². The number of nitrogens with zero attached hydrogens (tertiary/aromatic N) is 3. The molecule has 5 nitrogen and oxygen atoms in total. The summed E-state index contributed by atoms with van der Waals surface area (Å²) in [5, 5.41) is 4.19. The first-order chi connectivity index (χ1) is 8.54. The summed E-state index contributed by atoms with van der Waals surface area (Å²) in [6.07, 6.45) is 2.89. The Morgan fingerprint density at radius 1 is 1.39 bits per heavy atom. The smallest absolute Gasteiger partial charge is 0.138 e. The standard InChI is InChI=1S/C13H24N4O/c1-5-17-12(15-7-16-17)6-11(14)13-8(2)9(3)18-10(13)4/h7-11,13H,5-6,14H2,1-4H3. The van der Waals surface area contributed by atoms with Gasteiger partial charge in [-0.1, -0.05) is 6.92 Å². The fourth-order valence-corrected chi connectivity index (χ4v) is 3.09. The van der Waals surface area contributed by atoms with Gasteiger partial charge in [-0.3, -0.25) is 4.68 Å². The van der Waals surface area contributed by atoms with E-state index in [0.717, 1.165) is 18.8 Å². The highest BCUT2D eigenvalue weighted by Crippen LogP contribution is 2.34. The first-order valence-corrected chi connectivity index (χ1v) is 6.82. The molecule has 0 saturated carbocycles. The lowest BCUT2D eigenvalue weighted by molar-refractivity contribution is 0.0489. The summed E-state index contributed by atoms with van der Waals surface area (Å²) < 4.78 is 7.77. The minimum atomic E-state index is 0.0782. The van der Waals surface area contributed by atoms with E-state index in [1.54, 1.807) is 6.33 Å². The topological polar surface area (TPSA) is 66.0 Å². The van der Waals surface area contributed by atoms with Gasteiger partial charge in [0.1, 0.15) is 12.2 Å². The second-order valence-electron chi connectivity index (χ2n) is 5.34. The van der Waals surface area contributed by atoms with E-state index in [-0.39, 0.29) is 12.1 Å². The zero-order chi connectivity index (χ0) is 13.3. The third-order valence-corrected chi connectivity index (χ3v) is 4.23. The van der Waals surface area contributed by atoms with E-state index in [1.807, 2.05) is 4.68 Å². The number of rotatable bonds is 4. The molecule has 0 bridgehead atoms. The summed E-state index contributed by atoms with van der Waals surface area (Å²) in [5.74, 6) is 1.86. The van der Waals surface area contributed by atoms with E-state index < -0.39 is 0 Å². The Hall–Kier alpha value is -0.940. The van der Waals surface area contributed by atoms with E-state index in [9.17, 15) is 0 Å². The Morgan fingerprint density at radius 3 is 2.67 bits per heavy atom. The zero-order valence-corrected chi connectivity index (χ0v) is 11.7. The summed E-state index contributed by atoms with van der Waals surface area (Å²) in [6.45, 7) is 9.38. The number of hydrogen-bond acceptors (Lipinski definition) is 4. The van der Waals surface area contributed by atoms with E-state index in [0.29, 0.717) is 17.9 Å². The van der Waals surface area contributed by atoms with Crippen molar-refractivity contribution in [2.75, 3.05) is 0 Å². The Morgan fingerprint density at radius 2 is 2.11 bits per heavy atom. The summed E-state index contributed by atoms with van der Waals surface area (Å²) in [5.41, 5.74) is 6.38. The van der Waals surface area contributed by atoms with Crippen LogP contribution in [0.15, 0.2) is 6.33 Å². The predicted octanol–water partition coefficient (Wildman–Crippen LogP) is 1.23. The lowest BCUT2D eigenvalue weighted by atomic mass is 9.82. The lowest BCUT2D eigenvalue weighted by Crippen LogP contribution is -2.40. The second-order valence-corrected chi connectivity index (χ2v) is 5.34. The summed E-state index contributed by atoms with van der Waals surface area (Å²) >= 11 is 0. The Labute approximate surface area is 109 Å². The van der Waals surface area contributed by atoms with Crippen LogP contribution in [0.5, 0.6) is 0 Å². The van der Waals surface area contributed by atoms with Crippen LogP contribution in [0.25, 0.3) is 0 Å². The minimum Gasteiger partial charge on any atom is -0.375 e. The van der Waals surface area contributed by atoms with Gasteiger partial charge in [0.15, 0.2) is 0 Å². The monoisotopic (exact) mass is 252 g/mol. The van der Waals surface area contributed by atoms with Gasteiger partial charge in [-0.05, 0) is 26.7 Å². The predicted molar refractivity (Wildman–Crippen MR) is 70.0 cm³/mol. The van der Waals surface area contributed by atoms with E-state index in [1.165, 1.54) is 0 Å². The van der Waals surface area contributed by atoms with Crippen LogP contribution in [-0.2, 0) is 17.7 Å². The second kappa shape index (κ2) is 5.36. The molecule has 1 saturated heterocycles. The van der Waals surface area contributed by atoms with Crippen molar-refractivity contribution in [3.05, 3.63) is 12.2 Å². The maximum Gasteiger partial charge on any atom is 0.138 e. The molecule has 0 radical (unpaired) electrons. The molecule has 1 aliphatic rings. The molecule has 0 aromatic carbocycles. The fraction of sp³-hybridized carbons (Fsp3) is 0.846. The van der Waals surface area contributed by atoms with Crippen molar-refractivity contribution in [3.8, 4) is 0 Å². The molecule has 1 aromatic rings. The van der Waals surface area contributed by atoms with Gasteiger partial charge in [-0.15, -0.1) is 0 Å². The van der Waals surface area contributed by atoms with Crippen molar-refractivity contribution in [2.45, 2.75) is 58.9 Å². The molecule has 5 atom stereocenters. The summed E-state index contributed by atoms with van der Waals surface area (Å²) in [7, 11) is 0. The summed E-state index contributed by atoms with van der Waals surface area (Å²) in [6, 6.07) is 0.0782. The van der Waals surface area contributed by atoms with E-state index in [4.69, 9.17) is 10.5 Å². The fourth-order valence-electron chi connectivity index (χ4n) is 3.09. The molecular formula is C13H24N4O. The molecule has 1 aliphatic heterocycles. The Balaban J connectivity index is 2.06. The molecule has 2 rings (SSSR count). The van der Waals surface area contributed by atoms with Gasteiger partial charge in [0.05, 0.1) is 12.2 Å². The van der Waals surface area contributed by atoms with Crippen molar-refractivity contribution in [1.82, 2.24) is 14.8 Å². The van der Waals surface area contributed by atoms with Crippen molar-refractivity contribution in [1.29, 1.82) is 0 Å². The quantitative estimate of drug-likeness (QED) is 0.875. The van der Waals surface area contributed by atoms with E-state index in [2.05, 4.69) is 37.8 Å². The van der Waals surface area contributed by atoms with Crippen LogP contribution in [0.4, 0.5) is 0 Å². The number of aryl methyl sites for hydroxylation is 1. The average Bonchev–Trinajstić information content (AvgIpc) is 2.85. The van der Waals surface area contributed by atoms with Crippen molar-refractivity contribution in [3.63, 3.8) is 0 Å². The number of nitrogens with two attached hydrogens (primary N) is 1. The summed E-state index contributed by atoms with van der Waals surface area (Å²) in [4.78, 5) is 4.30. The van der Waals surface area contributed by atoms with Gasteiger partial charge in [0.25, 0.3) is 0 Å². The van der Waals surface area contributed by atoms with Crippen molar-refractivity contribution >= 4 is 0 Å². The van der Waals surface area contributed by atoms with E-state index >= 15 is 0 Å². The first kappa shape index (κ1) is 13.5. The van der Waals surface area contributed by atoms with Crippen molar-refractivity contribution in [2.24, 2.45) is 17.6 Å². The number of ether oxygens (including phenoxy) is 1. The highest BCUT2D eigenvalue weighted by Gasteiger charge is 2.40. The van der Waals surface area contributed by atoms with Gasteiger partial charge < -0.3 is 10.5 Å². The molecule has 5 unspecified atom stereocenters. The molecule has 0 aliphatic carbocycles. The molecule has 0 spiro atoms. The van der Waals surface area contributed by atoms with Crippen LogP contribution in [-0.4, -0.2) is 33.0 Å². The largest absolute Gasteiger partial charge is 0.375 e. The molecule has 2 heterocycles. The SMILES string of the molecule is CCn1ncnc1CC(N)C1C(C)OC(C)C1C. The van der Waals surface area contributed by atoms with Gasteiger partial charge >= 0.3 is 0 Å². The third-order valence-electron chi connectivity index (χ3n) is 4.23. The van der Waals surface area contributed by atoms with Gasteiger partial charge in [0.2, 0.25) is 0 Å². The molecule has 5 heteroatoms. The number of aromatic nitrogens is 3. The van der Waals surface area contributed by atoms with Crippen LogP contribution >= 0.6 is 0 Å². The van der Waals surface area contributed by atoms with Gasteiger partial charge in [0, 0.05) is 24.9 Å². The van der Waals surface area contributed by atoms with Crippen LogP contribution < -0.4 is 5.73 Å². The lowest BCUT2D eigenvalue weighted by Gasteiger charge is -2.25. The zero-order valence-electron chi connectivity index (χ0n) is 11.7. The van der Waals surface area contributed by atoms with Crippen LogP contribution in [0, 0.1) is 11.8 Å². The third kappa shape index (κ3) is 2.42. The Bertz CT molecular complexity index is 392. The molecule has 0 amide bonds. The maximum atomic E-state index is 6.38. The molecular weight excluding hydrogens is 228 g/mol. The molecule has 1 aromatic heterocycles. The number of hydrogen-bond donors (Lipinski definition) is 1. The van der Waals surface area contributed by atoms with Crippen molar-refractivity contribution < 1.29 is 4.74 Å². The molecule has 1 fully saturated rings. The normalized spacial score (nSPS) is 33.8. The molecule has 2 N–H and O–H groups in total. The van der Waals surface area contributed by atoms with Crippen LogP contribution in [0.1, 0.15) is 33.5 Å². The van der Waals surface area contributed by atoms with Crippen LogP contribution in [0.2, 0.25) is 0 Å². The molecule has 102 valence electrons.